The van der Waals surface area contributed by atoms with E-state index in [0.717, 1.165) is 0 Å². The van der Waals surface area contributed by atoms with Gasteiger partial charge in [0.05, 0.1) is 37.6 Å². The van der Waals surface area contributed by atoms with E-state index in [1.807, 2.05) is 0 Å². The molecule has 3 N–H and O–H groups in total. The Morgan fingerprint density at radius 3 is 2.44 bits per heavy atom. The van der Waals surface area contributed by atoms with Crippen molar-refractivity contribution in [3.05, 3.63) is 70.6 Å². The van der Waals surface area contributed by atoms with Crippen molar-refractivity contribution in [3.8, 4) is 28.5 Å². The molecule has 3 rings (SSSR count). The third-order valence-corrected chi connectivity index (χ3v) is 6.04. The van der Waals surface area contributed by atoms with Crippen LogP contribution in [0.1, 0.15) is 29.9 Å². The third-order valence-electron chi connectivity index (χ3n) is 5.76. The van der Waals surface area contributed by atoms with Gasteiger partial charge < -0.3 is 29.7 Å². The second-order valence-corrected chi connectivity index (χ2v) is 8.56. The molecule has 0 saturated carbocycles. The van der Waals surface area contributed by atoms with Gasteiger partial charge in [0, 0.05) is 11.1 Å². The maximum Gasteiger partial charge on any atom is 0.251 e. The van der Waals surface area contributed by atoms with E-state index in [2.05, 4.69) is 10.3 Å². The van der Waals surface area contributed by atoms with Crippen molar-refractivity contribution in [1.29, 1.82) is 0 Å². The van der Waals surface area contributed by atoms with Crippen LogP contribution in [-0.4, -0.2) is 54.6 Å². The Labute approximate surface area is 213 Å². The molecule has 3 aromatic rings. The number of rotatable bonds is 10. The Hall–Kier alpha value is -3.40. The lowest BCUT2D eigenvalue weighted by atomic mass is 9.92. The zero-order chi connectivity index (χ0) is 26.5. The minimum absolute atomic E-state index is 0.0719. The van der Waals surface area contributed by atoms with E-state index in [1.165, 1.54) is 45.4 Å². The number of carbonyl (C=O) groups is 1. The van der Waals surface area contributed by atoms with Crippen LogP contribution < -0.4 is 19.5 Å². The van der Waals surface area contributed by atoms with Gasteiger partial charge in [0.15, 0.2) is 11.5 Å². The topological polar surface area (TPSA) is 110 Å². The lowest BCUT2D eigenvalue weighted by Gasteiger charge is -2.31. The average molecular weight is 519 g/mol. The molecule has 0 fully saturated rings. The molecule has 1 amide bonds. The lowest BCUT2D eigenvalue weighted by Crippen LogP contribution is -2.47. The van der Waals surface area contributed by atoms with Gasteiger partial charge in [0.1, 0.15) is 29.5 Å². The summed E-state index contributed by atoms with van der Waals surface area (Å²) in [5.74, 6) is 0.107. The van der Waals surface area contributed by atoms with E-state index in [0.29, 0.717) is 28.5 Å². The summed E-state index contributed by atoms with van der Waals surface area (Å²) >= 11 is 5.94. The fraction of sp³-hybridized carbons (Fsp3) is 0.308. The Bertz CT molecular complexity index is 1240. The van der Waals surface area contributed by atoms with E-state index in [-0.39, 0.29) is 29.5 Å². The highest BCUT2D eigenvalue weighted by atomic mass is 35.5. The highest BCUT2D eigenvalue weighted by Crippen LogP contribution is 2.34. The molecule has 1 heterocycles. The molecule has 10 heteroatoms. The first-order valence-electron chi connectivity index (χ1n) is 11.1. The second kappa shape index (κ2) is 11.6. The van der Waals surface area contributed by atoms with E-state index >= 15 is 0 Å². The van der Waals surface area contributed by atoms with Crippen LogP contribution in [0, 0.1) is 5.82 Å². The van der Waals surface area contributed by atoms with Crippen molar-refractivity contribution >= 4 is 17.5 Å². The number of benzene rings is 2. The number of methoxy groups -OCH3 is 2. The number of aliphatic hydroxyl groups is 2. The zero-order valence-corrected chi connectivity index (χ0v) is 21.1. The average Bonchev–Trinajstić information content (AvgIpc) is 2.88. The van der Waals surface area contributed by atoms with Crippen molar-refractivity contribution in [1.82, 2.24) is 10.3 Å². The van der Waals surface area contributed by atoms with Crippen LogP contribution in [-0.2, 0) is 5.60 Å². The number of halogens is 2. The molecule has 1 aromatic heterocycles. The summed E-state index contributed by atoms with van der Waals surface area (Å²) in [6, 6.07) is 11.2. The van der Waals surface area contributed by atoms with Gasteiger partial charge >= 0.3 is 0 Å². The van der Waals surface area contributed by atoms with Gasteiger partial charge in [-0.2, -0.15) is 0 Å². The van der Waals surface area contributed by atoms with E-state index < -0.39 is 23.4 Å². The smallest absolute Gasteiger partial charge is 0.251 e. The highest BCUT2D eigenvalue weighted by Gasteiger charge is 2.34. The van der Waals surface area contributed by atoms with E-state index in [1.54, 1.807) is 31.2 Å². The number of nitrogens with one attached hydrogen (secondary N) is 1. The highest BCUT2D eigenvalue weighted by molar-refractivity contribution is 6.31. The maximum atomic E-state index is 13.7. The molecule has 8 nitrogen and oxygen atoms in total. The second-order valence-electron chi connectivity index (χ2n) is 8.16. The minimum atomic E-state index is -1.59. The number of hydrogen-bond acceptors (Lipinski definition) is 7. The molecular weight excluding hydrogens is 491 g/mol. The molecule has 0 bridgehead atoms. The monoisotopic (exact) mass is 518 g/mol. The molecule has 2 atom stereocenters. The first kappa shape index (κ1) is 27.2. The van der Waals surface area contributed by atoms with Crippen LogP contribution >= 0.6 is 11.6 Å². The van der Waals surface area contributed by atoms with Crippen molar-refractivity contribution in [2.45, 2.75) is 25.5 Å². The fourth-order valence-corrected chi connectivity index (χ4v) is 3.65. The van der Waals surface area contributed by atoms with Gasteiger partial charge in [-0.25, -0.2) is 9.37 Å². The van der Waals surface area contributed by atoms with Crippen molar-refractivity contribution in [2.75, 3.05) is 27.4 Å². The maximum absolute atomic E-state index is 13.7. The first-order chi connectivity index (χ1) is 17.1. The molecule has 0 spiro atoms. The number of carbonyl (C=O) groups excluding carboxylic acids is 1. The number of nitrogens with zero attached hydrogens (tertiary/aromatic N) is 1. The van der Waals surface area contributed by atoms with Crippen LogP contribution in [0.25, 0.3) is 11.3 Å². The molecule has 0 aliphatic rings. The van der Waals surface area contributed by atoms with Crippen LogP contribution in [0.3, 0.4) is 0 Å². The summed E-state index contributed by atoms with van der Waals surface area (Å²) < 4.78 is 29.7. The van der Waals surface area contributed by atoms with Gasteiger partial charge in [-0.15, -0.1) is 0 Å². The van der Waals surface area contributed by atoms with Gasteiger partial charge in [-0.05, 0) is 62.4 Å². The summed E-state index contributed by atoms with van der Waals surface area (Å²) in [7, 11) is 2.91. The molecule has 0 saturated heterocycles. The summed E-state index contributed by atoms with van der Waals surface area (Å²) in [6.45, 7) is 3.10. The van der Waals surface area contributed by atoms with Crippen molar-refractivity contribution in [2.24, 2.45) is 0 Å². The number of aromatic nitrogens is 1. The van der Waals surface area contributed by atoms with Crippen LogP contribution in [0.15, 0.2) is 48.5 Å². The van der Waals surface area contributed by atoms with Gasteiger partial charge in [0.2, 0.25) is 0 Å². The largest absolute Gasteiger partial charge is 0.494 e. The first-order valence-corrected chi connectivity index (χ1v) is 11.5. The molecule has 36 heavy (non-hydrogen) atoms. The Morgan fingerprint density at radius 1 is 1.11 bits per heavy atom. The molecule has 0 aliphatic heterocycles. The molecular formula is C26H28ClFN2O6. The zero-order valence-electron chi connectivity index (χ0n) is 20.3. The quantitative estimate of drug-likeness (QED) is 0.372. The normalized spacial score (nSPS) is 13.4. The third kappa shape index (κ3) is 5.87. The predicted octanol–water partition coefficient (Wildman–Crippen LogP) is 3.96. The molecule has 2 aromatic carbocycles. The Kier molecular flexibility index (Phi) is 8.73. The molecule has 0 aliphatic carbocycles. The summed E-state index contributed by atoms with van der Waals surface area (Å²) in [5.41, 5.74) is -0.177. The summed E-state index contributed by atoms with van der Waals surface area (Å²) in [5, 5.41) is 23.0. The number of pyridine rings is 1. The number of amides is 1. The van der Waals surface area contributed by atoms with Crippen LogP contribution in [0.4, 0.5) is 4.39 Å². The van der Waals surface area contributed by atoms with E-state index in [4.69, 9.17) is 30.9 Å². The number of ether oxygens (including phenoxy) is 3. The number of aliphatic hydroxyl groups excluding tert-OH is 1. The predicted molar refractivity (Wildman–Crippen MR) is 133 cm³/mol. The molecule has 0 radical (unpaired) electrons. The minimum Gasteiger partial charge on any atom is -0.494 e. The van der Waals surface area contributed by atoms with Gasteiger partial charge in [-0.3, -0.25) is 4.79 Å². The molecule has 2 unspecified atom stereocenters. The van der Waals surface area contributed by atoms with E-state index in [9.17, 15) is 14.3 Å². The van der Waals surface area contributed by atoms with Crippen molar-refractivity contribution in [3.63, 3.8) is 0 Å². The van der Waals surface area contributed by atoms with Gasteiger partial charge in [0.25, 0.3) is 5.91 Å². The van der Waals surface area contributed by atoms with Gasteiger partial charge in [-0.1, -0.05) is 11.6 Å². The Balaban J connectivity index is 1.86. The standard InChI is InChI=1S/C26H28ClFN2O6/c1-15(29-25(32)17-6-8-20(36-12-11-31)22(14-17)35-4)26(2,33)23-10-9-21(34-3)24(30-23)16-5-7-19(28)18(27)13-16/h5-10,13-15,31,33H,11-12H2,1-4H3,(H,29,32). The van der Waals surface area contributed by atoms with Crippen molar-refractivity contribution < 1.29 is 33.6 Å². The Morgan fingerprint density at radius 2 is 1.81 bits per heavy atom. The lowest BCUT2D eigenvalue weighted by molar-refractivity contribution is 0.0170. The number of hydrogen-bond donors (Lipinski definition) is 3. The summed E-state index contributed by atoms with van der Waals surface area (Å²) in [6.07, 6.45) is 0. The molecule has 192 valence electrons. The summed E-state index contributed by atoms with van der Waals surface area (Å²) in [4.78, 5) is 17.5. The van der Waals surface area contributed by atoms with Crippen LogP contribution in [0.2, 0.25) is 5.02 Å². The fourth-order valence-electron chi connectivity index (χ4n) is 3.47. The SMILES string of the molecule is COc1cc(C(=O)NC(C)C(C)(O)c2ccc(OC)c(-c3ccc(F)c(Cl)c3)n2)ccc1OCCO. The van der Waals surface area contributed by atoms with Crippen LogP contribution in [0.5, 0.6) is 17.2 Å².